The molecule has 0 aliphatic rings. The number of thiophene rings is 1. The fraction of sp³-hybridized carbons (Fsp3) is 0. The van der Waals surface area contributed by atoms with Gasteiger partial charge in [-0.05, 0) is 167 Å². The first kappa shape index (κ1) is 73.8. The maximum atomic E-state index is 6.20. The van der Waals surface area contributed by atoms with E-state index in [1.165, 1.54) is 68.8 Å². The van der Waals surface area contributed by atoms with Crippen LogP contribution in [-0.4, -0.2) is 29.9 Å². The van der Waals surface area contributed by atoms with Crippen molar-refractivity contribution in [2.45, 2.75) is 0 Å². The first-order chi connectivity index (χ1) is 63.4. The van der Waals surface area contributed by atoms with E-state index in [4.69, 9.17) is 43.2 Å². The van der Waals surface area contributed by atoms with E-state index in [2.05, 4.69) is 334 Å². The lowest BCUT2D eigenvalue weighted by Gasteiger charge is -2.14. The minimum atomic E-state index is 0.724. The van der Waals surface area contributed by atoms with Crippen molar-refractivity contribution < 1.29 is 13.3 Å². The Balaban J connectivity index is 0.000000105. The third-order valence-corrected chi connectivity index (χ3v) is 26.2. The van der Waals surface area contributed by atoms with E-state index < -0.39 is 0 Å². The molecule has 0 radical (unpaired) electrons. The third-order valence-electron chi connectivity index (χ3n) is 25.1. The Morgan fingerprint density at radius 2 is 0.484 bits per heavy atom. The molecule has 0 unspecified atom stereocenters. The van der Waals surface area contributed by atoms with E-state index in [-0.39, 0.29) is 0 Å². The highest BCUT2D eigenvalue weighted by Crippen LogP contribution is 2.45. The molecule has 20 aromatic carbocycles. The Bertz CT molecular complexity index is 9160. The largest absolute Gasteiger partial charge is 0.456 e. The van der Waals surface area contributed by atoms with Crippen LogP contribution in [0.3, 0.4) is 0 Å². The van der Waals surface area contributed by atoms with Gasteiger partial charge in [0.2, 0.25) is 0 Å². The zero-order chi connectivity index (χ0) is 84.3. The van der Waals surface area contributed by atoms with Crippen LogP contribution in [0.4, 0.5) is 0 Å². The Kier molecular flexibility index (Phi) is 17.6. The van der Waals surface area contributed by atoms with E-state index in [9.17, 15) is 0 Å². The zero-order valence-corrected chi connectivity index (χ0v) is 69.5. The predicted molar refractivity (Wildman–Crippen MR) is 532 cm³/mol. The van der Waals surface area contributed by atoms with Crippen molar-refractivity contribution in [2.75, 3.05) is 0 Å². The molecule has 27 aromatic rings. The molecule has 27 rings (SSSR count). The number of para-hydroxylation sites is 6. The van der Waals surface area contributed by atoms with Gasteiger partial charge < -0.3 is 13.3 Å². The summed E-state index contributed by atoms with van der Waals surface area (Å²) in [5.74, 6) is 2.18. The number of hydrogen-bond donors (Lipinski definition) is 0. The van der Waals surface area contributed by atoms with Gasteiger partial charge in [0.1, 0.15) is 33.5 Å². The summed E-state index contributed by atoms with van der Waals surface area (Å²) in [6.07, 6.45) is 0. The van der Waals surface area contributed by atoms with E-state index in [0.29, 0.717) is 0 Å². The summed E-state index contributed by atoms with van der Waals surface area (Å²) in [4.78, 5) is 30.4. The quantitative estimate of drug-likeness (QED) is 0.139. The third kappa shape index (κ3) is 12.8. The molecule has 596 valence electrons. The normalized spacial score (nSPS) is 11.8. The highest BCUT2D eigenvalue weighted by Gasteiger charge is 2.22. The Hall–Kier alpha value is -16.9. The van der Waals surface area contributed by atoms with Crippen LogP contribution in [0.15, 0.2) is 438 Å². The van der Waals surface area contributed by atoms with E-state index >= 15 is 0 Å². The van der Waals surface area contributed by atoms with Crippen LogP contribution in [0.25, 0.3) is 263 Å². The van der Waals surface area contributed by atoms with E-state index in [1.54, 1.807) is 0 Å². The van der Waals surface area contributed by atoms with Crippen molar-refractivity contribution in [3.63, 3.8) is 0 Å². The molecule has 0 saturated heterocycles. The second kappa shape index (κ2) is 30.5. The lowest BCUT2D eigenvalue weighted by atomic mass is 9.92. The van der Waals surface area contributed by atoms with Gasteiger partial charge in [-0.25, -0.2) is 29.9 Å². The molecule has 0 aliphatic heterocycles. The summed E-state index contributed by atoms with van der Waals surface area (Å²) in [6.45, 7) is 0. The zero-order valence-electron chi connectivity index (χ0n) is 68.7. The summed E-state index contributed by atoms with van der Waals surface area (Å²) in [6, 6.07) is 148. The standard InChI is InChI=1S/C42H24N2OS.C40H24N2O.C36H22N2O/c1-4-10-35-32(8-1)41(29-19-21-31-30-7-3-6-12-38(30)46-39(31)24-29)44-42(43-35)27-16-13-25(14-17-27)28-18-15-26-20-22-37-40(34(26)23-28)33-9-2-5-11-36(33)45-37;1-2-10-26(11-3-1)39-32-14-6-8-16-35(32)41-40(42-39)31-22-21-28(29-12-4-5-13-30(29)31)27-19-18-25-20-23-37-38(34(25)24-27)33-15-7-9-17-36(33)43-37;1-2-8-25(9-3-1)35-28-10-4-6-12-31(28)37-36(38-35)26-17-14-23(15-18-26)27-19-16-24-20-21-33-34(30(24)22-27)29-11-5-7-13-32(29)39-33/h1-24H;1-24H;1-22H. The molecule has 0 fully saturated rings. The Morgan fingerprint density at radius 1 is 0.164 bits per heavy atom. The fourth-order valence-corrected chi connectivity index (χ4v) is 20.0. The van der Waals surface area contributed by atoms with Gasteiger partial charge in [0, 0.05) is 102 Å². The molecule has 7 heterocycles. The molecule has 0 spiro atoms. The molecular formula is C118H70N6O3S. The molecule has 0 aliphatic carbocycles. The summed E-state index contributed by atoms with van der Waals surface area (Å²) in [5, 5.41) is 22.1. The van der Waals surface area contributed by atoms with Crippen molar-refractivity contribution in [1.82, 2.24) is 29.9 Å². The van der Waals surface area contributed by atoms with Gasteiger partial charge in [0.05, 0.1) is 33.6 Å². The lowest BCUT2D eigenvalue weighted by Crippen LogP contribution is -1.96. The Labute approximate surface area is 737 Å². The monoisotopic (exact) mass is 1650 g/mol. The van der Waals surface area contributed by atoms with Gasteiger partial charge in [-0.1, -0.05) is 334 Å². The number of hydrogen-bond acceptors (Lipinski definition) is 10. The van der Waals surface area contributed by atoms with Crippen molar-refractivity contribution in [1.29, 1.82) is 0 Å². The molecule has 7 aromatic heterocycles. The van der Waals surface area contributed by atoms with Crippen LogP contribution in [-0.2, 0) is 0 Å². The Morgan fingerprint density at radius 3 is 0.953 bits per heavy atom. The van der Waals surface area contributed by atoms with Gasteiger partial charge >= 0.3 is 0 Å². The average Bonchev–Trinajstić information content (AvgIpc) is 1.33. The molecule has 0 bridgehead atoms. The minimum absolute atomic E-state index is 0.724. The van der Waals surface area contributed by atoms with Crippen LogP contribution >= 0.6 is 11.3 Å². The minimum Gasteiger partial charge on any atom is -0.456 e. The van der Waals surface area contributed by atoms with Gasteiger partial charge in [-0.15, -0.1) is 11.3 Å². The van der Waals surface area contributed by atoms with Crippen LogP contribution < -0.4 is 0 Å². The predicted octanol–water partition coefficient (Wildman–Crippen LogP) is 32.6. The van der Waals surface area contributed by atoms with Crippen LogP contribution in [0, 0.1) is 0 Å². The highest BCUT2D eigenvalue weighted by atomic mass is 32.1. The summed E-state index contributed by atoms with van der Waals surface area (Å²) in [7, 11) is 0. The fourth-order valence-electron chi connectivity index (χ4n) is 18.9. The van der Waals surface area contributed by atoms with Crippen molar-refractivity contribution in [2.24, 2.45) is 0 Å². The van der Waals surface area contributed by atoms with E-state index in [0.717, 1.165) is 194 Å². The van der Waals surface area contributed by atoms with Crippen molar-refractivity contribution >= 4 is 173 Å². The molecule has 0 amide bonds. The number of aromatic nitrogens is 6. The smallest absolute Gasteiger partial charge is 0.161 e. The highest BCUT2D eigenvalue weighted by molar-refractivity contribution is 7.25. The number of furan rings is 3. The van der Waals surface area contributed by atoms with Gasteiger partial charge in [-0.2, -0.15) is 0 Å². The number of fused-ring (bicyclic) bond motifs is 22. The van der Waals surface area contributed by atoms with E-state index in [1.807, 2.05) is 102 Å². The first-order valence-electron chi connectivity index (χ1n) is 43.0. The molecule has 0 atom stereocenters. The lowest BCUT2D eigenvalue weighted by molar-refractivity contribution is 0.669. The second-order valence-electron chi connectivity index (χ2n) is 32.6. The van der Waals surface area contributed by atoms with Crippen molar-refractivity contribution in [3.8, 4) is 101 Å². The maximum Gasteiger partial charge on any atom is 0.161 e. The molecule has 9 nitrogen and oxygen atoms in total. The first-order valence-corrected chi connectivity index (χ1v) is 43.8. The number of rotatable bonds is 9. The van der Waals surface area contributed by atoms with Crippen LogP contribution in [0.5, 0.6) is 0 Å². The summed E-state index contributed by atoms with van der Waals surface area (Å²) in [5.41, 5.74) is 24.4. The van der Waals surface area contributed by atoms with Crippen molar-refractivity contribution in [3.05, 3.63) is 425 Å². The molecule has 128 heavy (non-hydrogen) atoms. The molecule has 0 saturated carbocycles. The second-order valence-corrected chi connectivity index (χ2v) is 33.6. The number of benzene rings is 20. The SMILES string of the molecule is c1ccc(-c2nc(-c3ccc(-c4ccc5ccc6oc7ccccc7c6c5c4)c4ccccc34)nc3ccccc23)cc1.c1ccc(-c2nc(-c3ccc(-c4ccc5ccc6oc7ccccc7c6c5c4)cc3)nc3ccccc23)cc1.c1ccc2c(-c3ccc4c(c3)sc3ccccc34)nc(-c3ccc(-c4ccc5ccc6oc7ccccc7c6c5c4)cc3)nc2c1. The average molecular weight is 1650 g/mol. The molecule has 10 heteroatoms. The summed E-state index contributed by atoms with van der Waals surface area (Å²) < 4.78 is 21.1. The van der Waals surface area contributed by atoms with Gasteiger partial charge in [0.25, 0.3) is 0 Å². The summed E-state index contributed by atoms with van der Waals surface area (Å²) >= 11 is 1.83. The van der Waals surface area contributed by atoms with Crippen LogP contribution in [0.1, 0.15) is 0 Å². The topological polar surface area (TPSA) is 117 Å². The van der Waals surface area contributed by atoms with Crippen LogP contribution in [0.2, 0.25) is 0 Å². The number of nitrogens with zero attached hydrogens (tertiary/aromatic N) is 6. The maximum absolute atomic E-state index is 6.20. The van der Waals surface area contributed by atoms with Gasteiger partial charge in [-0.3, -0.25) is 0 Å². The van der Waals surface area contributed by atoms with Gasteiger partial charge in [0.15, 0.2) is 17.5 Å². The molecule has 0 N–H and O–H groups in total. The molecular weight excluding hydrogens is 1580 g/mol.